The van der Waals surface area contributed by atoms with Gasteiger partial charge < -0.3 is 10.1 Å². The van der Waals surface area contributed by atoms with E-state index < -0.39 is 5.54 Å². The predicted octanol–water partition coefficient (Wildman–Crippen LogP) is 3.42. The molecule has 1 aliphatic rings. The zero-order valence-corrected chi connectivity index (χ0v) is 13.7. The van der Waals surface area contributed by atoms with Crippen molar-refractivity contribution in [1.29, 1.82) is 0 Å². The van der Waals surface area contributed by atoms with E-state index in [1.54, 1.807) is 0 Å². The van der Waals surface area contributed by atoms with Crippen LogP contribution in [-0.2, 0) is 9.53 Å². The van der Waals surface area contributed by atoms with E-state index in [1.807, 2.05) is 6.92 Å². The molecule has 6 heteroatoms. The molecule has 1 fully saturated rings. The fourth-order valence-corrected chi connectivity index (χ4v) is 3.73. The monoisotopic (exact) mass is 296 g/mol. The van der Waals surface area contributed by atoms with Crippen LogP contribution in [0.3, 0.4) is 0 Å². The third-order valence-corrected chi connectivity index (χ3v) is 4.01. The normalized spacial score (nSPS) is 27.7. The maximum absolute atomic E-state index is 12.5. The van der Waals surface area contributed by atoms with Gasteiger partial charge in [0.1, 0.15) is 5.54 Å². The molecule has 1 rings (SSSR count). The standard InChI is InChI=1S/C15H28N4O2/c1-5-21-13(20)15(17-7-6-8-18-19-16)10-12(2)9-14(3,4)11-15/h12,17H,5-11H2,1-4H3. The Kier molecular flexibility index (Phi) is 6.49. The van der Waals surface area contributed by atoms with Crippen molar-refractivity contribution in [2.45, 2.75) is 58.9 Å². The number of nitrogens with one attached hydrogen (secondary N) is 1. The number of hydrogen-bond donors (Lipinski definition) is 1. The topological polar surface area (TPSA) is 87.1 Å². The first-order valence-electron chi connectivity index (χ1n) is 7.78. The van der Waals surface area contributed by atoms with Crippen LogP contribution < -0.4 is 5.32 Å². The Morgan fingerprint density at radius 1 is 1.48 bits per heavy atom. The van der Waals surface area contributed by atoms with Crippen LogP contribution in [0.15, 0.2) is 5.11 Å². The number of azide groups is 1. The Bertz CT molecular complexity index is 404. The summed E-state index contributed by atoms with van der Waals surface area (Å²) in [7, 11) is 0. The molecule has 1 N–H and O–H groups in total. The summed E-state index contributed by atoms with van der Waals surface area (Å²) in [4.78, 5) is 15.2. The Morgan fingerprint density at radius 3 is 2.76 bits per heavy atom. The Morgan fingerprint density at radius 2 is 2.19 bits per heavy atom. The van der Waals surface area contributed by atoms with Crippen molar-refractivity contribution >= 4 is 5.97 Å². The van der Waals surface area contributed by atoms with Crippen molar-refractivity contribution in [3.8, 4) is 0 Å². The van der Waals surface area contributed by atoms with Gasteiger partial charge in [0.2, 0.25) is 0 Å². The minimum Gasteiger partial charge on any atom is -0.465 e. The number of rotatable bonds is 7. The van der Waals surface area contributed by atoms with E-state index in [9.17, 15) is 4.79 Å². The summed E-state index contributed by atoms with van der Waals surface area (Å²) in [6.45, 7) is 9.94. The molecule has 120 valence electrons. The van der Waals surface area contributed by atoms with Gasteiger partial charge in [-0.25, -0.2) is 0 Å². The molecule has 0 heterocycles. The molecule has 21 heavy (non-hydrogen) atoms. The van der Waals surface area contributed by atoms with Crippen LogP contribution in [0, 0.1) is 11.3 Å². The van der Waals surface area contributed by atoms with Gasteiger partial charge >= 0.3 is 5.97 Å². The van der Waals surface area contributed by atoms with Crippen molar-refractivity contribution in [2.24, 2.45) is 16.4 Å². The molecule has 6 nitrogen and oxygen atoms in total. The van der Waals surface area contributed by atoms with Crippen LogP contribution in [-0.4, -0.2) is 31.2 Å². The van der Waals surface area contributed by atoms with Gasteiger partial charge in [-0.2, -0.15) is 0 Å². The molecule has 0 aromatic heterocycles. The number of nitrogens with zero attached hydrogens (tertiary/aromatic N) is 3. The molecule has 1 saturated carbocycles. The van der Waals surface area contributed by atoms with Crippen LogP contribution in [0.5, 0.6) is 0 Å². The number of hydrogen-bond acceptors (Lipinski definition) is 4. The van der Waals surface area contributed by atoms with Crippen molar-refractivity contribution < 1.29 is 9.53 Å². The predicted molar refractivity (Wildman–Crippen MR) is 82.8 cm³/mol. The highest BCUT2D eigenvalue weighted by atomic mass is 16.5. The van der Waals surface area contributed by atoms with E-state index in [4.69, 9.17) is 10.3 Å². The van der Waals surface area contributed by atoms with Crippen molar-refractivity contribution in [2.75, 3.05) is 19.7 Å². The average molecular weight is 296 g/mol. The van der Waals surface area contributed by atoms with Gasteiger partial charge in [-0.1, -0.05) is 25.9 Å². The molecule has 0 amide bonds. The summed E-state index contributed by atoms with van der Waals surface area (Å²) >= 11 is 0. The molecular formula is C15H28N4O2. The highest BCUT2D eigenvalue weighted by molar-refractivity contribution is 5.81. The van der Waals surface area contributed by atoms with Crippen molar-refractivity contribution in [3.63, 3.8) is 0 Å². The third-order valence-electron chi connectivity index (χ3n) is 4.01. The number of carbonyl (C=O) groups excluding carboxylic acids is 1. The van der Waals surface area contributed by atoms with Crippen molar-refractivity contribution in [1.82, 2.24) is 5.32 Å². The Hall–Kier alpha value is -1.26. The molecule has 0 aromatic carbocycles. The number of esters is 1. The van der Waals surface area contributed by atoms with Crippen LogP contribution in [0.2, 0.25) is 0 Å². The Balaban J connectivity index is 2.79. The lowest BCUT2D eigenvalue weighted by molar-refractivity contribution is -0.156. The quantitative estimate of drug-likeness (QED) is 0.257. The van der Waals surface area contributed by atoms with Gasteiger partial charge in [-0.3, -0.25) is 4.79 Å². The van der Waals surface area contributed by atoms with Crippen LogP contribution in [0.4, 0.5) is 0 Å². The fourth-order valence-electron chi connectivity index (χ4n) is 3.73. The second-order valence-electron chi connectivity index (χ2n) is 6.89. The Labute approximate surface area is 127 Å². The molecule has 0 saturated heterocycles. The van der Waals surface area contributed by atoms with E-state index in [-0.39, 0.29) is 11.4 Å². The summed E-state index contributed by atoms with van der Waals surface area (Å²) in [5.74, 6) is 0.330. The minimum absolute atomic E-state index is 0.113. The molecule has 0 radical (unpaired) electrons. The van der Waals surface area contributed by atoms with Crippen LogP contribution in [0.25, 0.3) is 10.4 Å². The van der Waals surface area contributed by atoms with Crippen LogP contribution >= 0.6 is 0 Å². The zero-order chi connectivity index (χ0) is 15.9. The van der Waals surface area contributed by atoms with Gasteiger partial charge in [-0.15, -0.1) is 0 Å². The van der Waals surface area contributed by atoms with E-state index in [0.29, 0.717) is 25.6 Å². The maximum Gasteiger partial charge on any atom is 0.326 e. The summed E-state index contributed by atoms with van der Waals surface area (Å²) in [5, 5.41) is 6.93. The molecule has 2 atom stereocenters. The van der Waals surface area contributed by atoms with Crippen molar-refractivity contribution in [3.05, 3.63) is 10.4 Å². The SMILES string of the molecule is CCOC(=O)C1(NCCCN=[N+]=[N-])CC(C)CC(C)(C)C1. The molecule has 0 aromatic rings. The van der Waals surface area contributed by atoms with E-state index in [0.717, 1.165) is 25.7 Å². The van der Waals surface area contributed by atoms with Crippen LogP contribution in [0.1, 0.15) is 53.4 Å². The average Bonchev–Trinajstić information content (AvgIpc) is 2.36. The van der Waals surface area contributed by atoms with E-state index in [1.165, 1.54) is 0 Å². The largest absolute Gasteiger partial charge is 0.465 e. The lowest BCUT2D eigenvalue weighted by Gasteiger charge is -2.46. The molecule has 1 aliphatic carbocycles. The van der Waals surface area contributed by atoms with Gasteiger partial charge in [0.25, 0.3) is 0 Å². The summed E-state index contributed by atoms with van der Waals surface area (Å²) in [6.07, 6.45) is 3.43. The fraction of sp³-hybridized carbons (Fsp3) is 0.933. The number of carbonyl (C=O) groups is 1. The molecule has 0 spiro atoms. The highest BCUT2D eigenvalue weighted by Gasteiger charge is 2.48. The smallest absolute Gasteiger partial charge is 0.326 e. The molecule has 0 aliphatic heterocycles. The molecule has 0 bridgehead atoms. The van der Waals surface area contributed by atoms with E-state index in [2.05, 4.69) is 36.1 Å². The van der Waals surface area contributed by atoms with E-state index >= 15 is 0 Å². The second-order valence-corrected chi connectivity index (χ2v) is 6.89. The van der Waals surface area contributed by atoms with Gasteiger partial charge in [-0.05, 0) is 56.0 Å². The molecular weight excluding hydrogens is 268 g/mol. The summed E-state index contributed by atoms with van der Waals surface area (Å²) in [6, 6.07) is 0. The lowest BCUT2D eigenvalue weighted by atomic mass is 9.64. The lowest BCUT2D eigenvalue weighted by Crippen LogP contribution is -2.59. The summed E-state index contributed by atoms with van der Waals surface area (Å²) in [5.41, 5.74) is 7.80. The zero-order valence-electron chi connectivity index (χ0n) is 13.7. The third kappa shape index (κ3) is 5.21. The second kappa shape index (κ2) is 7.66. The first-order chi connectivity index (χ1) is 9.85. The highest BCUT2D eigenvalue weighted by Crippen LogP contribution is 2.44. The minimum atomic E-state index is -0.604. The summed E-state index contributed by atoms with van der Waals surface area (Å²) < 4.78 is 5.32. The number of ether oxygens (including phenoxy) is 1. The van der Waals surface area contributed by atoms with Gasteiger partial charge in [0.15, 0.2) is 0 Å². The molecule has 2 unspecified atom stereocenters. The first kappa shape index (κ1) is 17.8. The maximum atomic E-state index is 12.5. The van der Waals surface area contributed by atoms with Gasteiger partial charge in [0, 0.05) is 11.5 Å². The first-order valence-corrected chi connectivity index (χ1v) is 7.78. The van der Waals surface area contributed by atoms with Gasteiger partial charge in [0.05, 0.1) is 6.61 Å².